The first-order chi connectivity index (χ1) is 11.6. The van der Waals surface area contributed by atoms with E-state index in [4.69, 9.17) is 4.74 Å². The van der Waals surface area contributed by atoms with E-state index in [-0.39, 0.29) is 18.3 Å². The van der Waals surface area contributed by atoms with E-state index < -0.39 is 0 Å². The van der Waals surface area contributed by atoms with Crippen molar-refractivity contribution < 1.29 is 9.53 Å². The van der Waals surface area contributed by atoms with E-state index in [1.54, 1.807) is 7.11 Å². The molecule has 0 aromatic heterocycles. The largest absolute Gasteiger partial charge is 0.497 e. The Morgan fingerprint density at radius 1 is 1.36 bits per heavy atom. The molecule has 0 radical (unpaired) electrons. The number of piperidine rings is 1. The summed E-state index contributed by atoms with van der Waals surface area (Å²) in [6, 6.07) is 8.17. The number of rotatable bonds is 8. The number of hydrogen-bond donors (Lipinski definition) is 1. The van der Waals surface area contributed by atoms with Gasteiger partial charge in [0, 0.05) is 20.0 Å². The van der Waals surface area contributed by atoms with Crippen molar-refractivity contribution in [2.24, 2.45) is 11.8 Å². The van der Waals surface area contributed by atoms with Crippen molar-refractivity contribution in [3.05, 3.63) is 29.8 Å². The van der Waals surface area contributed by atoms with Gasteiger partial charge in [0.05, 0.1) is 7.11 Å². The lowest BCUT2D eigenvalue weighted by Gasteiger charge is -2.29. The second-order valence-electron chi connectivity index (χ2n) is 7.05. The maximum absolute atomic E-state index is 12.4. The Morgan fingerprint density at radius 2 is 2.08 bits per heavy atom. The number of ether oxygens (including phenoxy) is 1. The standard InChI is InChI=1S/C20H32N2O2.ClH/c1-16(18-7-4-12-21-15-18)14-20(23)22(2)13-5-6-17-8-10-19(24-3)11-9-17;/h8-11,16,18,21H,4-7,12-15H2,1-3H3;1H. The van der Waals surface area contributed by atoms with Crippen LogP contribution in [-0.4, -0.2) is 44.6 Å². The molecule has 1 saturated heterocycles. The Bertz CT molecular complexity index is 501. The molecule has 1 N–H and O–H groups in total. The Kier molecular flexibility index (Phi) is 9.91. The number of hydrogen-bond acceptors (Lipinski definition) is 3. The minimum Gasteiger partial charge on any atom is -0.497 e. The van der Waals surface area contributed by atoms with E-state index in [1.165, 1.54) is 18.4 Å². The number of nitrogens with one attached hydrogen (secondary N) is 1. The van der Waals surface area contributed by atoms with Crippen LogP contribution in [0.25, 0.3) is 0 Å². The molecule has 142 valence electrons. The lowest BCUT2D eigenvalue weighted by atomic mass is 9.85. The molecular formula is C20H33ClN2O2. The van der Waals surface area contributed by atoms with Gasteiger partial charge in [-0.2, -0.15) is 0 Å². The van der Waals surface area contributed by atoms with Crippen LogP contribution in [0.3, 0.4) is 0 Å². The molecule has 1 fully saturated rings. The average Bonchev–Trinajstić information content (AvgIpc) is 2.62. The Hall–Kier alpha value is -1.26. The van der Waals surface area contributed by atoms with Gasteiger partial charge in [-0.05, 0) is 68.3 Å². The Morgan fingerprint density at radius 3 is 2.68 bits per heavy atom. The van der Waals surface area contributed by atoms with Crippen LogP contribution in [-0.2, 0) is 11.2 Å². The van der Waals surface area contributed by atoms with E-state index in [2.05, 4.69) is 24.4 Å². The van der Waals surface area contributed by atoms with Crippen LogP contribution in [0.5, 0.6) is 5.75 Å². The third-order valence-corrected chi connectivity index (χ3v) is 5.18. The number of benzene rings is 1. The second-order valence-corrected chi connectivity index (χ2v) is 7.05. The van der Waals surface area contributed by atoms with Gasteiger partial charge in [0.2, 0.25) is 5.91 Å². The molecule has 1 aliphatic rings. The van der Waals surface area contributed by atoms with E-state index in [9.17, 15) is 4.79 Å². The predicted molar refractivity (Wildman–Crippen MR) is 106 cm³/mol. The molecule has 1 aromatic carbocycles. The van der Waals surface area contributed by atoms with Crippen molar-refractivity contribution >= 4 is 18.3 Å². The molecule has 0 saturated carbocycles. The molecule has 1 aliphatic heterocycles. The summed E-state index contributed by atoms with van der Waals surface area (Å²) in [5.74, 6) is 2.28. The number of carbonyl (C=O) groups excluding carboxylic acids is 1. The summed E-state index contributed by atoms with van der Waals surface area (Å²) in [6.45, 7) is 5.24. The molecule has 1 heterocycles. The Labute approximate surface area is 158 Å². The van der Waals surface area contributed by atoms with Gasteiger partial charge in [-0.1, -0.05) is 19.1 Å². The van der Waals surface area contributed by atoms with Crippen LogP contribution in [0.1, 0.15) is 38.2 Å². The van der Waals surface area contributed by atoms with Crippen LogP contribution >= 0.6 is 12.4 Å². The monoisotopic (exact) mass is 368 g/mol. The highest BCUT2D eigenvalue weighted by atomic mass is 35.5. The Balaban J connectivity index is 0.00000312. The third-order valence-electron chi connectivity index (χ3n) is 5.18. The van der Waals surface area contributed by atoms with Gasteiger partial charge in [0.25, 0.3) is 0 Å². The van der Waals surface area contributed by atoms with E-state index >= 15 is 0 Å². The molecule has 0 aliphatic carbocycles. The summed E-state index contributed by atoms with van der Waals surface area (Å²) in [6.07, 6.45) is 5.15. The molecule has 0 bridgehead atoms. The molecule has 2 rings (SSSR count). The second kappa shape index (κ2) is 11.4. The quantitative estimate of drug-likeness (QED) is 0.763. The molecule has 1 aromatic rings. The van der Waals surface area contributed by atoms with Gasteiger partial charge in [-0.25, -0.2) is 0 Å². The highest BCUT2D eigenvalue weighted by Crippen LogP contribution is 2.23. The zero-order valence-corrected chi connectivity index (χ0v) is 16.6. The van der Waals surface area contributed by atoms with Gasteiger partial charge in [-0.15, -0.1) is 12.4 Å². The number of nitrogens with zero attached hydrogens (tertiary/aromatic N) is 1. The van der Waals surface area contributed by atoms with E-state index in [1.807, 2.05) is 24.1 Å². The van der Waals surface area contributed by atoms with E-state index in [0.717, 1.165) is 38.2 Å². The van der Waals surface area contributed by atoms with Crippen LogP contribution in [0.4, 0.5) is 0 Å². The number of halogens is 1. The molecule has 2 atom stereocenters. The summed E-state index contributed by atoms with van der Waals surface area (Å²) < 4.78 is 5.17. The third kappa shape index (κ3) is 7.25. The first-order valence-corrected chi connectivity index (χ1v) is 9.17. The van der Waals surface area contributed by atoms with Crippen LogP contribution in [0, 0.1) is 11.8 Å². The van der Waals surface area contributed by atoms with Gasteiger partial charge in [0.1, 0.15) is 5.75 Å². The van der Waals surface area contributed by atoms with Crippen LogP contribution < -0.4 is 10.1 Å². The highest BCUT2D eigenvalue weighted by Gasteiger charge is 2.23. The predicted octanol–water partition coefficient (Wildman–Crippen LogP) is 3.53. The highest BCUT2D eigenvalue weighted by molar-refractivity contribution is 5.85. The zero-order valence-electron chi connectivity index (χ0n) is 15.8. The minimum absolute atomic E-state index is 0. The van der Waals surface area contributed by atoms with Gasteiger partial charge < -0.3 is 15.0 Å². The summed E-state index contributed by atoms with van der Waals surface area (Å²) in [5.41, 5.74) is 1.29. The molecule has 5 heteroatoms. The number of carbonyl (C=O) groups is 1. The smallest absolute Gasteiger partial charge is 0.222 e. The number of methoxy groups -OCH3 is 1. The van der Waals surface area contributed by atoms with Crippen molar-refractivity contribution in [1.82, 2.24) is 10.2 Å². The lowest BCUT2D eigenvalue weighted by Crippen LogP contribution is -2.36. The molecule has 25 heavy (non-hydrogen) atoms. The van der Waals surface area contributed by atoms with Crippen molar-refractivity contribution in [2.45, 2.75) is 39.0 Å². The number of amides is 1. The SMILES string of the molecule is COc1ccc(CCCN(C)C(=O)CC(C)C2CCCNC2)cc1.Cl. The molecule has 1 amide bonds. The minimum atomic E-state index is 0. The van der Waals surface area contributed by atoms with Crippen molar-refractivity contribution in [1.29, 1.82) is 0 Å². The summed E-state index contributed by atoms with van der Waals surface area (Å²) >= 11 is 0. The first kappa shape index (κ1) is 21.8. The molecule has 0 spiro atoms. The topological polar surface area (TPSA) is 41.6 Å². The fourth-order valence-electron chi connectivity index (χ4n) is 3.40. The lowest BCUT2D eigenvalue weighted by molar-refractivity contribution is -0.131. The van der Waals surface area contributed by atoms with Gasteiger partial charge in [-0.3, -0.25) is 4.79 Å². The summed E-state index contributed by atoms with van der Waals surface area (Å²) in [7, 11) is 3.61. The molecule has 4 nitrogen and oxygen atoms in total. The normalized spacial score (nSPS) is 18.1. The van der Waals surface area contributed by atoms with Crippen LogP contribution in [0.2, 0.25) is 0 Å². The fraction of sp³-hybridized carbons (Fsp3) is 0.650. The van der Waals surface area contributed by atoms with Gasteiger partial charge >= 0.3 is 0 Å². The summed E-state index contributed by atoms with van der Waals surface area (Å²) in [5, 5.41) is 3.44. The molecule has 2 unspecified atom stereocenters. The fourth-order valence-corrected chi connectivity index (χ4v) is 3.40. The average molecular weight is 369 g/mol. The van der Waals surface area contributed by atoms with E-state index in [0.29, 0.717) is 18.3 Å². The molecular weight excluding hydrogens is 336 g/mol. The first-order valence-electron chi connectivity index (χ1n) is 9.17. The zero-order chi connectivity index (χ0) is 17.4. The van der Waals surface area contributed by atoms with Crippen molar-refractivity contribution in [2.75, 3.05) is 33.8 Å². The summed E-state index contributed by atoms with van der Waals surface area (Å²) in [4.78, 5) is 14.3. The maximum Gasteiger partial charge on any atom is 0.222 e. The van der Waals surface area contributed by atoms with Gasteiger partial charge in [0.15, 0.2) is 0 Å². The van der Waals surface area contributed by atoms with Crippen molar-refractivity contribution in [3.63, 3.8) is 0 Å². The number of aryl methyl sites for hydroxylation is 1. The maximum atomic E-state index is 12.4. The van der Waals surface area contributed by atoms with Crippen molar-refractivity contribution in [3.8, 4) is 5.75 Å². The van der Waals surface area contributed by atoms with Crippen LogP contribution in [0.15, 0.2) is 24.3 Å².